The van der Waals surface area contributed by atoms with Crippen molar-refractivity contribution in [3.63, 3.8) is 0 Å². The van der Waals surface area contributed by atoms with Gasteiger partial charge in [-0.25, -0.2) is 0 Å². The van der Waals surface area contributed by atoms with E-state index in [1.54, 1.807) is 12.1 Å². The highest BCUT2D eigenvalue weighted by Gasteiger charge is 2.12. The molecule has 0 saturated carbocycles. The molecule has 7 heteroatoms. The summed E-state index contributed by atoms with van der Waals surface area (Å²) >= 11 is 0. The number of furan rings is 1. The van der Waals surface area contributed by atoms with Gasteiger partial charge in [0.2, 0.25) is 17.6 Å². The van der Waals surface area contributed by atoms with Gasteiger partial charge in [-0.15, -0.1) is 0 Å². The molecule has 0 radical (unpaired) electrons. The Kier molecular flexibility index (Phi) is 3.78. The third-order valence-corrected chi connectivity index (χ3v) is 3.37. The summed E-state index contributed by atoms with van der Waals surface area (Å²) in [6, 6.07) is 7.45. The fourth-order valence-electron chi connectivity index (χ4n) is 2.15. The minimum absolute atomic E-state index is 0.111. The first-order valence-electron chi connectivity index (χ1n) is 6.89. The van der Waals surface area contributed by atoms with Crippen molar-refractivity contribution in [3.05, 3.63) is 47.8 Å². The van der Waals surface area contributed by atoms with Crippen LogP contribution in [0, 0.1) is 13.8 Å². The van der Waals surface area contributed by atoms with Gasteiger partial charge < -0.3 is 18.8 Å². The zero-order valence-electron chi connectivity index (χ0n) is 12.4. The maximum atomic E-state index is 12.0. The van der Waals surface area contributed by atoms with Gasteiger partial charge in [0.15, 0.2) is 5.76 Å². The maximum absolute atomic E-state index is 12.0. The Morgan fingerprint density at radius 1 is 1.27 bits per heavy atom. The van der Waals surface area contributed by atoms with E-state index in [4.69, 9.17) is 8.94 Å². The van der Waals surface area contributed by atoms with Crippen LogP contribution in [-0.2, 0) is 17.9 Å². The summed E-state index contributed by atoms with van der Waals surface area (Å²) in [4.78, 5) is 16.1. The first kappa shape index (κ1) is 14.1. The van der Waals surface area contributed by atoms with Crippen molar-refractivity contribution in [1.29, 1.82) is 0 Å². The molecular weight excluding hydrogens is 284 g/mol. The van der Waals surface area contributed by atoms with Crippen molar-refractivity contribution in [1.82, 2.24) is 20.0 Å². The molecule has 3 heterocycles. The molecule has 0 aliphatic carbocycles. The molecule has 1 amide bonds. The van der Waals surface area contributed by atoms with Crippen molar-refractivity contribution in [3.8, 4) is 11.6 Å². The molecule has 1 N–H and O–H groups in total. The summed E-state index contributed by atoms with van der Waals surface area (Å²) in [6.07, 6.45) is 1.54. The molecule has 0 saturated heterocycles. The largest absolute Gasteiger partial charge is 0.461 e. The van der Waals surface area contributed by atoms with Gasteiger partial charge in [0.05, 0.1) is 12.8 Å². The molecule has 0 aliphatic rings. The van der Waals surface area contributed by atoms with E-state index >= 15 is 0 Å². The zero-order chi connectivity index (χ0) is 15.5. The lowest BCUT2D eigenvalue weighted by Gasteiger charge is -2.08. The minimum Gasteiger partial charge on any atom is -0.461 e. The number of nitrogens with one attached hydrogen (secondary N) is 1. The molecule has 3 aromatic rings. The summed E-state index contributed by atoms with van der Waals surface area (Å²) < 4.78 is 12.2. The Morgan fingerprint density at radius 3 is 2.73 bits per heavy atom. The van der Waals surface area contributed by atoms with Crippen LogP contribution in [0.3, 0.4) is 0 Å². The van der Waals surface area contributed by atoms with Crippen LogP contribution in [0.4, 0.5) is 0 Å². The lowest BCUT2D eigenvalue weighted by Crippen LogP contribution is -2.27. The Morgan fingerprint density at radius 2 is 2.05 bits per heavy atom. The highest BCUT2D eigenvalue weighted by atomic mass is 16.5. The number of carbonyl (C=O) groups excluding carboxylic acids is 1. The molecule has 0 aromatic carbocycles. The summed E-state index contributed by atoms with van der Waals surface area (Å²) in [5.74, 6) is 1.12. The molecule has 0 aliphatic heterocycles. The fourth-order valence-corrected chi connectivity index (χ4v) is 2.15. The SMILES string of the molecule is Cc1ccc(C)n1CC(=O)NCc1nc(-c2ccco2)no1. The van der Waals surface area contributed by atoms with E-state index in [2.05, 4.69) is 15.5 Å². The smallest absolute Gasteiger partial charge is 0.246 e. The maximum Gasteiger partial charge on any atom is 0.246 e. The topological polar surface area (TPSA) is 86.1 Å². The first-order chi connectivity index (χ1) is 10.6. The van der Waals surface area contributed by atoms with Crippen LogP contribution < -0.4 is 5.32 Å². The van der Waals surface area contributed by atoms with Gasteiger partial charge in [0.25, 0.3) is 0 Å². The number of carbonyl (C=O) groups is 1. The first-order valence-corrected chi connectivity index (χ1v) is 6.89. The molecule has 0 bridgehead atoms. The Balaban J connectivity index is 1.57. The van der Waals surface area contributed by atoms with E-state index < -0.39 is 0 Å². The lowest BCUT2D eigenvalue weighted by atomic mass is 10.4. The summed E-state index contributed by atoms with van der Waals surface area (Å²) in [6.45, 7) is 4.39. The van der Waals surface area contributed by atoms with Crippen LogP contribution >= 0.6 is 0 Å². The van der Waals surface area contributed by atoms with Crippen LogP contribution in [0.15, 0.2) is 39.5 Å². The average molecular weight is 300 g/mol. The summed E-state index contributed by atoms with van der Waals surface area (Å²) in [5, 5.41) is 6.57. The van der Waals surface area contributed by atoms with Gasteiger partial charge >= 0.3 is 0 Å². The van der Waals surface area contributed by atoms with E-state index in [0.717, 1.165) is 11.4 Å². The van der Waals surface area contributed by atoms with Gasteiger partial charge in [-0.05, 0) is 38.1 Å². The molecule has 0 fully saturated rings. The van der Waals surface area contributed by atoms with Gasteiger partial charge in [-0.2, -0.15) is 4.98 Å². The molecule has 114 valence electrons. The molecule has 0 atom stereocenters. The number of nitrogens with zero attached hydrogens (tertiary/aromatic N) is 3. The van der Waals surface area contributed by atoms with Gasteiger partial charge in [0, 0.05) is 11.4 Å². The van der Waals surface area contributed by atoms with Crippen molar-refractivity contribution in [2.45, 2.75) is 26.9 Å². The number of hydrogen-bond acceptors (Lipinski definition) is 5. The third-order valence-electron chi connectivity index (χ3n) is 3.37. The Bertz CT molecular complexity index is 751. The van der Waals surface area contributed by atoms with Crippen LogP contribution in [0.2, 0.25) is 0 Å². The van der Waals surface area contributed by atoms with Crippen LogP contribution in [-0.4, -0.2) is 20.6 Å². The average Bonchev–Trinajstić information content (AvgIpc) is 3.22. The number of rotatable bonds is 5. The number of aryl methyl sites for hydroxylation is 2. The van der Waals surface area contributed by atoms with Gasteiger partial charge in [0.1, 0.15) is 6.54 Å². The Hall–Kier alpha value is -2.83. The Labute approximate surface area is 126 Å². The van der Waals surface area contributed by atoms with Gasteiger partial charge in [-0.1, -0.05) is 5.16 Å². The lowest BCUT2D eigenvalue weighted by molar-refractivity contribution is -0.122. The summed E-state index contributed by atoms with van der Waals surface area (Å²) in [7, 11) is 0. The van der Waals surface area contributed by atoms with Crippen LogP contribution in [0.1, 0.15) is 17.3 Å². The molecule has 0 unspecified atom stereocenters. The molecule has 0 spiro atoms. The highest BCUT2D eigenvalue weighted by molar-refractivity contribution is 5.75. The quantitative estimate of drug-likeness (QED) is 0.779. The van der Waals surface area contributed by atoms with E-state index in [0.29, 0.717) is 17.5 Å². The second kappa shape index (κ2) is 5.88. The van der Waals surface area contributed by atoms with Crippen molar-refractivity contribution in [2.24, 2.45) is 0 Å². The normalized spacial score (nSPS) is 10.8. The fraction of sp³-hybridized carbons (Fsp3) is 0.267. The van der Waals surface area contributed by atoms with E-state index in [9.17, 15) is 4.79 Å². The highest BCUT2D eigenvalue weighted by Crippen LogP contribution is 2.15. The van der Waals surface area contributed by atoms with E-state index in [1.165, 1.54) is 6.26 Å². The van der Waals surface area contributed by atoms with Gasteiger partial charge in [-0.3, -0.25) is 4.79 Å². The van der Waals surface area contributed by atoms with Crippen molar-refractivity contribution < 1.29 is 13.7 Å². The summed E-state index contributed by atoms with van der Waals surface area (Å²) in [5.41, 5.74) is 2.09. The third kappa shape index (κ3) is 2.93. The molecule has 3 rings (SSSR count). The number of aromatic nitrogens is 3. The van der Waals surface area contributed by atoms with E-state index in [-0.39, 0.29) is 19.0 Å². The molecule has 7 nitrogen and oxygen atoms in total. The van der Waals surface area contributed by atoms with Crippen LogP contribution in [0.25, 0.3) is 11.6 Å². The zero-order valence-corrected chi connectivity index (χ0v) is 12.4. The van der Waals surface area contributed by atoms with Crippen LogP contribution in [0.5, 0.6) is 0 Å². The monoisotopic (exact) mass is 300 g/mol. The molecule has 3 aromatic heterocycles. The van der Waals surface area contributed by atoms with Crippen molar-refractivity contribution >= 4 is 5.91 Å². The standard InChI is InChI=1S/C15H16N4O3/c1-10-5-6-11(2)19(10)9-13(20)16-8-14-17-15(18-22-14)12-4-3-7-21-12/h3-7H,8-9H2,1-2H3,(H,16,20). The molecular formula is C15H16N4O3. The van der Waals surface area contributed by atoms with E-state index in [1.807, 2.05) is 30.5 Å². The minimum atomic E-state index is -0.111. The predicted octanol–water partition coefficient (Wildman–Crippen LogP) is 2.06. The second-order valence-electron chi connectivity index (χ2n) is 4.97. The van der Waals surface area contributed by atoms with Crippen molar-refractivity contribution in [2.75, 3.05) is 0 Å². The number of hydrogen-bond donors (Lipinski definition) is 1. The second-order valence-corrected chi connectivity index (χ2v) is 4.97. The predicted molar refractivity (Wildman–Crippen MR) is 77.8 cm³/mol. The number of amides is 1. The molecule has 22 heavy (non-hydrogen) atoms.